The molecule has 3 aliphatic rings. The van der Waals surface area contributed by atoms with E-state index in [0.29, 0.717) is 6.61 Å². The second kappa shape index (κ2) is 12.7. The molecule has 12 heteroatoms. The Balaban J connectivity index is 1.06. The number of rotatable bonds is 8. The highest BCUT2D eigenvalue weighted by atomic mass is 32.2. The van der Waals surface area contributed by atoms with Crippen molar-refractivity contribution in [1.29, 1.82) is 0 Å². The van der Waals surface area contributed by atoms with Crippen LogP contribution in [0, 0.1) is 0 Å². The lowest BCUT2D eigenvalue weighted by atomic mass is 9.99. The summed E-state index contributed by atoms with van der Waals surface area (Å²) in [5, 5.41) is 38.7. The largest absolute Gasteiger partial charge is 0.479 e. The molecule has 0 unspecified atom stereocenters. The van der Waals surface area contributed by atoms with E-state index in [-0.39, 0.29) is 13.2 Å². The minimum Gasteiger partial charge on any atom is -0.479 e. The maximum atomic E-state index is 11.2. The number of aliphatic hydroxyl groups excluding tert-OH is 3. The van der Waals surface area contributed by atoms with Gasteiger partial charge in [0.1, 0.15) is 24.1 Å². The van der Waals surface area contributed by atoms with Gasteiger partial charge in [0.15, 0.2) is 12.4 Å². The lowest BCUT2D eigenvalue weighted by Gasteiger charge is -2.38. The zero-order chi connectivity index (χ0) is 27.4. The monoisotopic (exact) mass is 559 g/mol. The van der Waals surface area contributed by atoms with Crippen LogP contribution in [0.2, 0.25) is 0 Å². The van der Waals surface area contributed by atoms with Crippen molar-refractivity contribution < 1.29 is 39.4 Å². The summed E-state index contributed by atoms with van der Waals surface area (Å²) in [5.41, 5.74) is 2.14. The fraction of sp³-hybridized carbons (Fsp3) is 0.481. The lowest BCUT2D eigenvalue weighted by molar-refractivity contribution is -0.295. The van der Waals surface area contributed by atoms with E-state index in [4.69, 9.17) is 24.3 Å². The molecule has 0 aliphatic carbocycles. The molecule has 210 valence electrons. The summed E-state index contributed by atoms with van der Waals surface area (Å²) in [7, 11) is 0. The van der Waals surface area contributed by atoms with Gasteiger partial charge in [0.25, 0.3) is 0 Å². The maximum Gasteiger partial charge on any atom is 0.335 e. The van der Waals surface area contributed by atoms with Crippen molar-refractivity contribution in [1.82, 2.24) is 9.80 Å². The molecule has 11 nitrogen and oxygen atoms in total. The van der Waals surface area contributed by atoms with Crippen LogP contribution in [0.3, 0.4) is 0 Å². The molecule has 2 fully saturated rings. The average Bonchev–Trinajstić information content (AvgIpc) is 3.11. The van der Waals surface area contributed by atoms with Gasteiger partial charge in [0, 0.05) is 48.1 Å². The van der Waals surface area contributed by atoms with Crippen molar-refractivity contribution in [2.75, 3.05) is 52.5 Å². The summed E-state index contributed by atoms with van der Waals surface area (Å²) >= 11 is 1.75. The highest BCUT2D eigenvalue weighted by Gasteiger charge is 2.47. The molecule has 3 aliphatic heterocycles. The predicted octanol–water partition coefficient (Wildman–Crippen LogP) is 0.773. The van der Waals surface area contributed by atoms with Crippen LogP contribution in [0.5, 0.6) is 0 Å². The number of carbonyl (C=O) groups is 1. The molecule has 0 radical (unpaired) electrons. The van der Waals surface area contributed by atoms with Gasteiger partial charge in [-0.05, 0) is 18.2 Å². The van der Waals surface area contributed by atoms with Gasteiger partial charge in [-0.25, -0.2) is 9.79 Å². The number of carboxylic acids is 1. The molecule has 2 aromatic rings. The van der Waals surface area contributed by atoms with Crippen LogP contribution >= 0.6 is 11.8 Å². The van der Waals surface area contributed by atoms with Gasteiger partial charge in [-0.2, -0.15) is 0 Å². The average molecular weight is 560 g/mol. The molecule has 39 heavy (non-hydrogen) atoms. The van der Waals surface area contributed by atoms with E-state index in [0.717, 1.165) is 54.7 Å². The van der Waals surface area contributed by atoms with Gasteiger partial charge >= 0.3 is 5.97 Å². The van der Waals surface area contributed by atoms with Crippen LogP contribution in [-0.2, 0) is 19.0 Å². The van der Waals surface area contributed by atoms with Crippen molar-refractivity contribution >= 4 is 29.3 Å². The first-order chi connectivity index (χ1) is 18.9. The smallest absolute Gasteiger partial charge is 0.335 e. The minimum atomic E-state index is -1.74. The van der Waals surface area contributed by atoms with E-state index in [1.807, 2.05) is 12.1 Å². The fourth-order valence-electron chi connectivity index (χ4n) is 4.80. The summed E-state index contributed by atoms with van der Waals surface area (Å²) in [6.45, 7) is 4.88. The normalized spacial score (nSPS) is 27.3. The first-order valence-electron chi connectivity index (χ1n) is 13.0. The van der Waals surface area contributed by atoms with Crippen molar-refractivity contribution in [2.24, 2.45) is 4.99 Å². The highest BCUT2D eigenvalue weighted by molar-refractivity contribution is 7.99. The number of ether oxygens (including phenoxy) is 3. The van der Waals surface area contributed by atoms with Crippen molar-refractivity contribution in [3.63, 3.8) is 0 Å². The molecular formula is C27H33N3O8S. The van der Waals surface area contributed by atoms with Gasteiger partial charge in [0.05, 0.1) is 25.5 Å². The van der Waals surface area contributed by atoms with E-state index < -0.39 is 36.7 Å². The molecule has 2 saturated heterocycles. The predicted molar refractivity (Wildman–Crippen MR) is 142 cm³/mol. The third-order valence-electron chi connectivity index (χ3n) is 6.99. The zero-order valence-corrected chi connectivity index (χ0v) is 22.2. The highest BCUT2D eigenvalue weighted by Crippen LogP contribution is 2.40. The SMILES string of the molecule is O=C(O)[C@H]1O[C@@H](OCCOCCN2CCN(C3=Nc4ccccc4Sc4ccccc43)CC2)[C@H](O)[C@@H](O)[C@@H]1O. The Bertz CT molecular complexity index is 1180. The van der Waals surface area contributed by atoms with Crippen LogP contribution in [0.15, 0.2) is 63.3 Å². The molecule has 0 amide bonds. The molecule has 3 heterocycles. The van der Waals surface area contributed by atoms with Gasteiger partial charge in [-0.1, -0.05) is 42.1 Å². The summed E-state index contributed by atoms with van der Waals surface area (Å²) < 4.78 is 16.1. The Morgan fingerprint density at radius 3 is 2.41 bits per heavy atom. The first-order valence-corrected chi connectivity index (χ1v) is 13.8. The van der Waals surface area contributed by atoms with E-state index in [2.05, 4.69) is 46.2 Å². The van der Waals surface area contributed by atoms with Crippen LogP contribution in [-0.4, -0.2) is 125 Å². The number of carboxylic acid groups (broad SMARTS) is 1. The molecular weight excluding hydrogens is 526 g/mol. The Morgan fingerprint density at radius 1 is 0.923 bits per heavy atom. The maximum absolute atomic E-state index is 11.2. The van der Waals surface area contributed by atoms with E-state index in [9.17, 15) is 20.1 Å². The summed E-state index contributed by atoms with van der Waals surface area (Å²) in [5.74, 6) is -0.441. The Hall–Kier alpha value is -2.55. The quantitative estimate of drug-likeness (QED) is 0.341. The summed E-state index contributed by atoms with van der Waals surface area (Å²) in [6.07, 6.45) is -8.05. The van der Waals surface area contributed by atoms with Crippen LogP contribution < -0.4 is 0 Å². The van der Waals surface area contributed by atoms with E-state index in [1.54, 1.807) is 11.8 Å². The third kappa shape index (κ3) is 6.44. The Kier molecular flexibility index (Phi) is 9.15. The molecule has 2 aromatic carbocycles. The number of para-hydroxylation sites is 1. The molecule has 0 spiro atoms. The van der Waals surface area contributed by atoms with Crippen LogP contribution in [0.4, 0.5) is 5.69 Å². The first kappa shape index (κ1) is 28.0. The summed E-state index contributed by atoms with van der Waals surface area (Å²) in [6, 6.07) is 16.6. The standard InChI is InChI=1S/C27H33N3O8S/c31-21-22(32)24(26(34)35)38-27(23(21)33)37-16-15-36-14-13-29-9-11-30(12-10-29)25-17-5-1-3-7-19(17)39-20-8-4-2-6-18(20)28-25/h1-8,21-24,27,31-33H,9-16H2,(H,34,35)/t21-,22-,23+,24-,27+/m0/s1. The molecule has 0 aromatic heterocycles. The van der Waals surface area contributed by atoms with E-state index in [1.165, 1.54) is 4.90 Å². The number of piperazine rings is 1. The number of aliphatic hydroxyl groups is 3. The fourth-order valence-corrected chi connectivity index (χ4v) is 5.82. The van der Waals surface area contributed by atoms with Gasteiger partial charge in [-0.3, -0.25) is 4.90 Å². The van der Waals surface area contributed by atoms with Gasteiger partial charge in [-0.15, -0.1) is 0 Å². The number of benzene rings is 2. The van der Waals surface area contributed by atoms with Gasteiger partial charge < -0.3 is 39.5 Å². The molecule has 0 bridgehead atoms. The summed E-state index contributed by atoms with van der Waals surface area (Å²) in [4.78, 5) is 23.3. The molecule has 5 rings (SSSR count). The number of aliphatic carboxylic acids is 1. The second-order valence-corrected chi connectivity index (χ2v) is 10.6. The number of fused-ring (bicyclic) bond motifs is 2. The molecule has 0 saturated carbocycles. The molecule has 4 N–H and O–H groups in total. The zero-order valence-electron chi connectivity index (χ0n) is 21.3. The van der Waals surface area contributed by atoms with Crippen LogP contribution in [0.1, 0.15) is 5.56 Å². The topological polar surface area (TPSA) is 145 Å². The Morgan fingerprint density at radius 2 is 1.64 bits per heavy atom. The van der Waals surface area contributed by atoms with Crippen molar-refractivity contribution in [3.8, 4) is 0 Å². The number of nitrogens with zero attached hydrogens (tertiary/aromatic N) is 3. The number of hydrogen-bond acceptors (Lipinski definition) is 11. The minimum absolute atomic E-state index is 0.0311. The third-order valence-corrected chi connectivity index (χ3v) is 8.13. The van der Waals surface area contributed by atoms with Crippen molar-refractivity contribution in [3.05, 3.63) is 54.1 Å². The van der Waals surface area contributed by atoms with E-state index >= 15 is 0 Å². The number of hydrogen-bond donors (Lipinski definition) is 4. The van der Waals surface area contributed by atoms with Gasteiger partial charge in [0.2, 0.25) is 0 Å². The van der Waals surface area contributed by atoms with Crippen molar-refractivity contribution in [2.45, 2.75) is 40.5 Å². The second-order valence-electron chi connectivity index (χ2n) is 9.55. The number of aliphatic imine (C=N–C) groups is 1. The molecule has 5 atom stereocenters. The Labute approximate surface area is 230 Å². The van der Waals surface area contributed by atoms with Crippen LogP contribution in [0.25, 0.3) is 0 Å². The number of amidine groups is 1. The lowest BCUT2D eigenvalue weighted by Crippen LogP contribution is -2.60.